The van der Waals surface area contributed by atoms with Crippen LogP contribution in [0.25, 0.3) is 5.76 Å². The van der Waals surface area contributed by atoms with Crippen molar-refractivity contribution in [1.82, 2.24) is 0 Å². The molecule has 2 saturated carbocycles. The average molecular weight is 587 g/mol. The number of allylic oxidation sites excluding steroid dienone is 9. The number of Topliss-reactive ketones (excluding diaryl/α,β-unsaturated/α-hetero) is 3. The number of phenols is 1. The van der Waals surface area contributed by atoms with Gasteiger partial charge in [-0.25, -0.2) is 0 Å². The van der Waals surface area contributed by atoms with Gasteiger partial charge >= 0.3 is 0 Å². The summed E-state index contributed by atoms with van der Waals surface area (Å²) in [6.07, 6.45) is 10.7. The lowest BCUT2D eigenvalue weighted by Crippen LogP contribution is -2.70. The van der Waals surface area contributed by atoms with Crippen molar-refractivity contribution in [2.75, 3.05) is 0 Å². The summed E-state index contributed by atoms with van der Waals surface area (Å²) >= 11 is 0. The van der Waals surface area contributed by atoms with E-state index < -0.39 is 33.6 Å². The van der Waals surface area contributed by atoms with E-state index in [1.807, 2.05) is 67.5 Å². The fraction of sp³-hybridized carbons (Fsp3) is 0.500. The Morgan fingerprint density at radius 3 is 1.98 bits per heavy atom. The predicted molar refractivity (Wildman–Crippen MR) is 175 cm³/mol. The molecule has 1 aromatic carbocycles. The van der Waals surface area contributed by atoms with Crippen LogP contribution >= 0.6 is 0 Å². The molecule has 1 aromatic rings. The number of hydrogen-bond donors (Lipinski definition) is 2. The van der Waals surface area contributed by atoms with Crippen molar-refractivity contribution in [3.05, 3.63) is 82.0 Å². The summed E-state index contributed by atoms with van der Waals surface area (Å²) in [6.45, 7) is 18.0. The van der Waals surface area contributed by atoms with Gasteiger partial charge in [-0.3, -0.25) is 14.4 Å². The molecule has 0 spiro atoms. The monoisotopic (exact) mass is 586 g/mol. The van der Waals surface area contributed by atoms with Crippen molar-refractivity contribution in [2.24, 2.45) is 22.2 Å². The van der Waals surface area contributed by atoms with Gasteiger partial charge in [0.2, 0.25) is 0 Å². The molecule has 2 N–H and O–H groups in total. The lowest BCUT2D eigenvalue weighted by molar-refractivity contribution is -0.178. The van der Waals surface area contributed by atoms with E-state index in [2.05, 4.69) is 19.1 Å². The summed E-state index contributed by atoms with van der Waals surface area (Å²) in [6, 6.07) is 5.92. The number of hydrogen-bond acceptors (Lipinski definition) is 5. The molecule has 4 atom stereocenters. The Bertz CT molecular complexity index is 1430. The maximum Gasteiger partial charge on any atom is 0.184 e. The molecule has 3 rings (SSSR count). The van der Waals surface area contributed by atoms with Crippen molar-refractivity contribution in [1.29, 1.82) is 0 Å². The van der Waals surface area contributed by atoms with E-state index in [1.165, 1.54) is 12.1 Å². The van der Waals surface area contributed by atoms with Crippen LogP contribution in [0.4, 0.5) is 0 Å². The molecule has 0 aliphatic heterocycles. The standard InChI is InChI=1S/C38H50O5/c1-24(2)12-11-19-36(9)29(16-15-25(3)4)23-37(20-17-26(5)6)33(41)31(32(40)28-13-10-14-30(39)22-28)34(42)38(36,35(37)43)21-18-27(7)8/h10,12-15,17-18,22,29,39-40H,11,16,19-21,23H2,1-9H3/b32-31-/t29-,36-,37-,38+/m0/s1. The first-order valence-electron chi connectivity index (χ1n) is 15.4. The van der Waals surface area contributed by atoms with Crippen LogP contribution in [0.2, 0.25) is 0 Å². The second kappa shape index (κ2) is 13.0. The predicted octanol–water partition coefficient (Wildman–Crippen LogP) is 9.20. The molecule has 5 heteroatoms. The number of aliphatic hydroxyl groups excluding tert-OH is 1. The van der Waals surface area contributed by atoms with Crippen molar-refractivity contribution < 1.29 is 24.6 Å². The SMILES string of the molecule is CC(C)=CCC[C@@]1(C)[C@@H](CC=C(C)C)C[C@@]2(CC=C(C)C)C(=O)/C(=C(/O)c3cccc(O)c3)C(=O)[C@]1(CC=C(C)C)C2=O. The average Bonchev–Trinajstić information content (AvgIpc) is 2.91. The van der Waals surface area contributed by atoms with Crippen LogP contribution in [0.3, 0.4) is 0 Å². The Kier molecular flexibility index (Phi) is 10.3. The van der Waals surface area contributed by atoms with Gasteiger partial charge in [0.15, 0.2) is 17.3 Å². The number of phenolic OH excluding ortho intramolecular Hbond substituents is 1. The number of aliphatic hydroxyl groups is 1. The highest BCUT2D eigenvalue weighted by atomic mass is 16.3. The van der Waals surface area contributed by atoms with E-state index in [9.17, 15) is 15.0 Å². The van der Waals surface area contributed by atoms with Crippen LogP contribution in [-0.2, 0) is 14.4 Å². The fourth-order valence-corrected chi connectivity index (χ4v) is 7.10. The summed E-state index contributed by atoms with van der Waals surface area (Å²) in [5.41, 5.74) is 0.267. The minimum absolute atomic E-state index is 0.0940. The number of carbonyl (C=O) groups excluding carboxylic acids is 3. The molecular formula is C38H50O5. The number of rotatable bonds is 10. The van der Waals surface area contributed by atoms with Crippen LogP contribution in [-0.4, -0.2) is 27.6 Å². The molecule has 0 radical (unpaired) electrons. The lowest BCUT2D eigenvalue weighted by atomic mass is 9.37. The third-order valence-corrected chi connectivity index (χ3v) is 9.63. The van der Waals surface area contributed by atoms with Gasteiger partial charge in [0.05, 0.1) is 5.41 Å². The van der Waals surface area contributed by atoms with E-state index in [-0.39, 0.29) is 41.4 Å². The molecule has 2 bridgehead atoms. The minimum atomic E-state index is -1.55. The molecule has 2 fully saturated rings. The maximum atomic E-state index is 15.2. The second-order valence-corrected chi connectivity index (χ2v) is 13.9. The topological polar surface area (TPSA) is 91.7 Å². The Hall–Kier alpha value is -3.47. The molecule has 2 aliphatic carbocycles. The molecule has 0 saturated heterocycles. The van der Waals surface area contributed by atoms with E-state index in [1.54, 1.807) is 12.1 Å². The van der Waals surface area contributed by atoms with Gasteiger partial charge in [0.1, 0.15) is 22.5 Å². The highest BCUT2D eigenvalue weighted by Gasteiger charge is 2.74. The zero-order chi connectivity index (χ0) is 32.3. The van der Waals surface area contributed by atoms with Gasteiger partial charge in [-0.1, -0.05) is 65.7 Å². The summed E-state index contributed by atoms with van der Waals surface area (Å²) in [7, 11) is 0. The zero-order valence-corrected chi connectivity index (χ0v) is 27.6. The molecule has 0 amide bonds. The normalized spacial score (nSPS) is 27.7. The van der Waals surface area contributed by atoms with Crippen molar-refractivity contribution >= 4 is 23.1 Å². The van der Waals surface area contributed by atoms with E-state index in [4.69, 9.17) is 0 Å². The summed E-state index contributed by atoms with van der Waals surface area (Å²) in [4.78, 5) is 44.9. The van der Waals surface area contributed by atoms with Crippen molar-refractivity contribution in [2.45, 2.75) is 101 Å². The van der Waals surface area contributed by atoms with Gasteiger partial charge < -0.3 is 10.2 Å². The number of carbonyl (C=O) groups is 3. The zero-order valence-electron chi connectivity index (χ0n) is 27.6. The number of fused-ring (bicyclic) bond motifs is 2. The quantitative estimate of drug-likeness (QED) is 0.0937. The van der Waals surface area contributed by atoms with Crippen LogP contribution in [0.5, 0.6) is 5.75 Å². The first-order valence-corrected chi connectivity index (χ1v) is 15.4. The summed E-state index contributed by atoms with van der Waals surface area (Å²) in [5.74, 6) is -2.22. The largest absolute Gasteiger partial charge is 0.508 e. The third kappa shape index (κ3) is 6.27. The number of ketones is 3. The molecule has 5 nitrogen and oxygen atoms in total. The number of benzene rings is 1. The van der Waals surface area contributed by atoms with Gasteiger partial charge in [0.25, 0.3) is 0 Å². The van der Waals surface area contributed by atoms with Crippen LogP contribution < -0.4 is 0 Å². The van der Waals surface area contributed by atoms with Crippen molar-refractivity contribution in [3.63, 3.8) is 0 Å². The Labute approximate surface area is 258 Å². The first kappa shape index (κ1) is 34.0. The molecule has 232 valence electrons. The minimum Gasteiger partial charge on any atom is -0.508 e. The van der Waals surface area contributed by atoms with Gasteiger partial charge in [-0.15, -0.1) is 0 Å². The first-order chi connectivity index (χ1) is 20.0. The van der Waals surface area contributed by atoms with Crippen LogP contribution in [0.15, 0.2) is 76.4 Å². The third-order valence-electron chi connectivity index (χ3n) is 9.63. The lowest BCUT2D eigenvalue weighted by Gasteiger charge is -2.61. The Morgan fingerprint density at radius 2 is 1.42 bits per heavy atom. The Morgan fingerprint density at radius 1 is 0.837 bits per heavy atom. The van der Waals surface area contributed by atoms with E-state index in [0.717, 1.165) is 22.3 Å². The molecule has 43 heavy (non-hydrogen) atoms. The van der Waals surface area contributed by atoms with Crippen LogP contribution in [0.1, 0.15) is 106 Å². The Balaban J connectivity index is 2.50. The highest BCUT2D eigenvalue weighted by molar-refractivity contribution is 6.41. The van der Waals surface area contributed by atoms with E-state index in [0.29, 0.717) is 25.7 Å². The molecular weight excluding hydrogens is 536 g/mol. The highest BCUT2D eigenvalue weighted by Crippen LogP contribution is 2.67. The van der Waals surface area contributed by atoms with Gasteiger partial charge in [0, 0.05) is 5.56 Å². The molecule has 0 unspecified atom stereocenters. The summed E-state index contributed by atoms with van der Waals surface area (Å²) in [5, 5.41) is 21.8. The van der Waals surface area contributed by atoms with E-state index >= 15 is 9.59 Å². The maximum absolute atomic E-state index is 15.2. The smallest absolute Gasteiger partial charge is 0.184 e. The van der Waals surface area contributed by atoms with Gasteiger partial charge in [-0.2, -0.15) is 0 Å². The molecule has 2 aliphatic rings. The number of aromatic hydroxyl groups is 1. The second-order valence-electron chi connectivity index (χ2n) is 13.9. The summed E-state index contributed by atoms with van der Waals surface area (Å²) < 4.78 is 0. The van der Waals surface area contributed by atoms with Crippen molar-refractivity contribution in [3.8, 4) is 5.75 Å². The van der Waals surface area contributed by atoms with Gasteiger partial charge in [-0.05, 0) is 117 Å². The fourth-order valence-electron chi connectivity index (χ4n) is 7.10. The molecule has 0 aromatic heterocycles. The van der Waals surface area contributed by atoms with Crippen LogP contribution in [0, 0.1) is 22.2 Å². The molecule has 0 heterocycles.